The maximum absolute atomic E-state index is 11.7. The van der Waals surface area contributed by atoms with E-state index in [9.17, 15) is 10.1 Å². The molecule has 0 unspecified atom stereocenters. The highest BCUT2D eigenvalue weighted by Crippen LogP contribution is 2.39. The molecule has 0 amide bonds. The molecule has 0 fully saturated rings. The van der Waals surface area contributed by atoms with Crippen molar-refractivity contribution in [3.63, 3.8) is 0 Å². The molecule has 24 heavy (non-hydrogen) atoms. The van der Waals surface area contributed by atoms with Crippen molar-refractivity contribution in [2.75, 3.05) is 11.9 Å². The monoisotopic (exact) mass is 338 g/mol. The fourth-order valence-corrected chi connectivity index (χ4v) is 3.09. The zero-order valence-corrected chi connectivity index (χ0v) is 13.7. The third-order valence-electron chi connectivity index (χ3n) is 3.37. The number of anilines is 2. The molecular weight excluding hydrogens is 324 g/mol. The summed E-state index contributed by atoms with van der Waals surface area (Å²) in [5.41, 5.74) is 0.715. The number of nitrogens with zero attached hydrogens (tertiary/aromatic N) is 4. The van der Waals surface area contributed by atoms with Crippen LogP contribution in [0.4, 0.5) is 17.2 Å². The van der Waals surface area contributed by atoms with Crippen LogP contribution in [-0.2, 0) is 0 Å². The van der Waals surface area contributed by atoms with Crippen molar-refractivity contribution in [2.24, 2.45) is 0 Å². The van der Waals surface area contributed by atoms with Crippen LogP contribution >= 0.6 is 11.8 Å². The molecule has 1 aromatic heterocycles. The Morgan fingerprint density at radius 1 is 1.00 bits per heavy atom. The summed E-state index contributed by atoms with van der Waals surface area (Å²) < 4.78 is 0. The second kappa shape index (κ2) is 7.10. The molecule has 6 nitrogen and oxygen atoms in total. The van der Waals surface area contributed by atoms with Crippen LogP contribution in [0.3, 0.4) is 0 Å². The Morgan fingerprint density at radius 2 is 1.62 bits per heavy atom. The smallest absolute Gasteiger partial charge is 0.324 e. The highest BCUT2D eigenvalue weighted by molar-refractivity contribution is 7.99. The number of hydrogen-bond donors (Lipinski definition) is 0. The Hall–Kier alpha value is -2.93. The summed E-state index contributed by atoms with van der Waals surface area (Å²) in [7, 11) is 1.75. The largest absolute Gasteiger partial charge is 0.344 e. The molecule has 120 valence electrons. The first-order valence-corrected chi connectivity index (χ1v) is 7.99. The first-order chi connectivity index (χ1) is 11.7. The number of benzene rings is 2. The SMILES string of the molecule is CN(c1ccccc1)c1ncnc(Sc2ccccc2)c1[N+](=O)[O-]. The van der Waals surface area contributed by atoms with Gasteiger partial charge >= 0.3 is 5.69 Å². The van der Waals surface area contributed by atoms with E-state index in [1.165, 1.54) is 18.1 Å². The van der Waals surface area contributed by atoms with Gasteiger partial charge in [0.2, 0.25) is 5.82 Å². The Labute approximate surface area is 143 Å². The van der Waals surface area contributed by atoms with E-state index in [1.54, 1.807) is 11.9 Å². The first-order valence-electron chi connectivity index (χ1n) is 7.18. The Balaban J connectivity index is 2.04. The van der Waals surface area contributed by atoms with Crippen LogP contribution in [0.25, 0.3) is 0 Å². The van der Waals surface area contributed by atoms with Gasteiger partial charge in [0.1, 0.15) is 6.33 Å². The predicted octanol–water partition coefficient (Wildman–Crippen LogP) is 4.30. The van der Waals surface area contributed by atoms with Gasteiger partial charge in [-0.2, -0.15) is 0 Å². The highest BCUT2D eigenvalue weighted by atomic mass is 32.2. The van der Waals surface area contributed by atoms with Crippen LogP contribution in [0, 0.1) is 10.1 Å². The van der Waals surface area contributed by atoms with Gasteiger partial charge in [-0.05, 0) is 24.3 Å². The van der Waals surface area contributed by atoms with Crippen LogP contribution in [0.5, 0.6) is 0 Å². The topological polar surface area (TPSA) is 72.2 Å². The van der Waals surface area contributed by atoms with E-state index in [1.807, 2.05) is 60.7 Å². The second-order valence-electron chi connectivity index (χ2n) is 4.92. The quantitative estimate of drug-likeness (QED) is 0.392. The molecule has 0 aliphatic carbocycles. The molecular formula is C17H14N4O2S. The lowest BCUT2D eigenvalue weighted by molar-refractivity contribution is -0.387. The summed E-state index contributed by atoms with van der Waals surface area (Å²) >= 11 is 1.25. The molecule has 0 atom stereocenters. The standard InChI is InChI=1S/C17H14N4O2S/c1-20(13-8-4-2-5-9-13)16-15(21(22)23)17(19-12-18-16)24-14-10-6-3-7-11-14/h2-12H,1H3. The maximum Gasteiger partial charge on any atom is 0.344 e. The summed E-state index contributed by atoms with van der Waals surface area (Å²) in [6.45, 7) is 0. The van der Waals surface area contributed by atoms with E-state index >= 15 is 0 Å². The summed E-state index contributed by atoms with van der Waals surface area (Å²) in [4.78, 5) is 22.0. The molecule has 0 N–H and O–H groups in total. The lowest BCUT2D eigenvalue weighted by atomic mass is 10.3. The minimum Gasteiger partial charge on any atom is -0.324 e. The van der Waals surface area contributed by atoms with E-state index in [2.05, 4.69) is 9.97 Å². The van der Waals surface area contributed by atoms with Crippen LogP contribution in [0.1, 0.15) is 0 Å². The molecule has 0 saturated heterocycles. The number of para-hydroxylation sites is 1. The second-order valence-corrected chi connectivity index (χ2v) is 5.98. The molecule has 3 aromatic rings. The van der Waals surface area contributed by atoms with Crippen molar-refractivity contribution in [3.8, 4) is 0 Å². The van der Waals surface area contributed by atoms with Gasteiger partial charge in [-0.15, -0.1) is 0 Å². The van der Waals surface area contributed by atoms with Gasteiger partial charge < -0.3 is 4.90 Å². The fraction of sp³-hybridized carbons (Fsp3) is 0.0588. The minimum atomic E-state index is -0.431. The fourth-order valence-electron chi connectivity index (χ4n) is 2.21. The third-order valence-corrected chi connectivity index (χ3v) is 4.37. The van der Waals surface area contributed by atoms with Gasteiger partial charge in [-0.25, -0.2) is 9.97 Å². The maximum atomic E-state index is 11.7. The van der Waals surface area contributed by atoms with E-state index in [4.69, 9.17) is 0 Å². The van der Waals surface area contributed by atoms with Crippen LogP contribution in [-0.4, -0.2) is 21.9 Å². The van der Waals surface area contributed by atoms with Gasteiger partial charge in [0.15, 0.2) is 5.03 Å². The van der Waals surface area contributed by atoms with Gasteiger partial charge in [-0.1, -0.05) is 48.2 Å². The lowest BCUT2D eigenvalue weighted by Crippen LogP contribution is -2.14. The number of aromatic nitrogens is 2. The zero-order valence-electron chi connectivity index (χ0n) is 12.9. The highest BCUT2D eigenvalue weighted by Gasteiger charge is 2.26. The summed E-state index contributed by atoms with van der Waals surface area (Å²) in [5, 5.41) is 12.0. The summed E-state index contributed by atoms with van der Waals surface area (Å²) in [6.07, 6.45) is 1.35. The summed E-state index contributed by atoms with van der Waals surface area (Å²) in [5.74, 6) is 0.264. The number of hydrogen-bond acceptors (Lipinski definition) is 6. The Kier molecular flexibility index (Phi) is 4.72. The van der Waals surface area contributed by atoms with Crippen molar-refractivity contribution in [2.45, 2.75) is 9.92 Å². The molecule has 1 heterocycles. The van der Waals surface area contributed by atoms with Crippen molar-refractivity contribution in [1.29, 1.82) is 0 Å². The van der Waals surface area contributed by atoms with Crippen LogP contribution < -0.4 is 4.90 Å². The molecule has 0 bridgehead atoms. The third kappa shape index (κ3) is 3.36. The molecule has 0 aliphatic rings. The minimum absolute atomic E-state index is 0.0993. The average Bonchev–Trinajstić information content (AvgIpc) is 2.62. The molecule has 0 spiro atoms. The number of nitro groups is 1. The normalized spacial score (nSPS) is 10.4. The van der Waals surface area contributed by atoms with Crippen LogP contribution in [0.2, 0.25) is 0 Å². The molecule has 0 saturated carbocycles. The summed E-state index contributed by atoms with van der Waals surface area (Å²) in [6, 6.07) is 18.8. The molecule has 7 heteroatoms. The van der Waals surface area contributed by atoms with E-state index in [-0.39, 0.29) is 11.5 Å². The van der Waals surface area contributed by atoms with Crippen LogP contribution in [0.15, 0.2) is 76.9 Å². The van der Waals surface area contributed by atoms with Gasteiger partial charge in [-0.3, -0.25) is 10.1 Å². The average molecular weight is 338 g/mol. The predicted molar refractivity (Wildman–Crippen MR) is 93.8 cm³/mol. The Morgan fingerprint density at radius 3 is 2.25 bits per heavy atom. The van der Waals surface area contributed by atoms with Gasteiger partial charge in [0, 0.05) is 17.6 Å². The van der Waals surface area contributed by atoms with E-state index in [0.29, 0.717) is 5.03 Å². The molecule has 2 aromatic carbocycles. The number of rotatable bonds is 5. The molecule has 0 radical (unpaired) electrons. The lowest BCUT2D eigenvalue weighted by Gasteiger charge is -2.18. The molecule has 3 rings (SSSR count). The van der Waals surface area contributed by atoms with E-state index in [0.717, 1.165) is 10.6 Å². The van der Waals surface area contributed by atoms with Gasteiger partial charge in [0.05, 0.1) is 4.92 Å². The van der Waals surface area contributed by atoms with Gasteiger partial charge in [0.25, 0.3) is 0 Å². The Bertz CT molecular complexity index is 844. The zero-order chi connectivity index (χ0) is 16.9. The van der Waals surface area contributed by atoms with Crippen molar-refractivity contribution >= 4 is 29.0 Å². The molecule has 0 aliphatic heterocycles. The van der Waals surface area contributed by atoms with E-state index < -0.39 is 4.92 Å². The van der Waals surface area contributed by atoms with Crippen molar-refractivity contribution in [1.82, 2.24) is 9.97 Å². The van der Waals surface area contributed by atoms with Crippen molar-refractivity contribution in [3.05, 3.63) is 77.1 Å². The van der Waals surface area contributed by atoms with Crippen molar-refractivity contribution < 1.29 is 4.92 Å². The first kappa shape index (κ1) is 15.9.